The summed E-state index contributed by atoms with van der Waals surface area (Å²) in [5.74, 6) is 0. The van der Waals surface area contributed by atoms with Gasteiger partial charge in [-0.2, -0.15) is 0 Å². The zero-order valence-corrected chi connectivity index (χ0v) is 18.0. The van der Waals surface area contributed by atoms with Crippen molar-refractivity contribution >= 4 is 36.7 Å². The molecule has 0 bridgehead atoms. The van der Waals surface area contributed by atoms with Crippen LogP contribution in [-0.2, 0) is 0 Å². The van der Waals surface area contributed by atoms with E-state index in [4.69, 9.17) is 0 Å². The molecule has 0 heterocycles. The van der Waals surface area contributed by atoms with E-state index >= 15 is 0 Å². The van der Waals surface area contributed by atoms with Crippen LogP contribution in [0.3, 0.4) is 0 Å². The standard InChI is InChI=1S/C24H26BrP/c1-3-21(4-2)20-26(25,22-14-8-5-9-15-22,23-16-10-6-11-17-23)24-18-12-7-13-19-24/h3,5-19H,4,20H2,1-2H3. The Labute approximate surface area is 165 Å². The van der Waals surface area contributed by atoms with Gasteiger partial charge in [-0.1, -0.05) is 0 Å². The van der Waals surface area contributed by atoms with Crippen LogP contribution in [-0.4, -0.2) is 6.16 Å². The van der Waals surface area contributed by atoms with Gasteiger partial charge in [0.2, 0.25) is 0 Å². The minimum atomic E-state index is -2.80. The first-order valence-electron chi connectivity index (χ1n) is 9.17. The van der Waals surface area contributed by atoms with Crippen LogP contribution in [0.25, 0.3) is 0 Å². The van der Waals surface area contributed by atoms with Gasteiger partial charge in [0.1, 0.15) is 0 Å². The molecule has 0 N–H and O–H groups in total. The fourth-order valence-corrected chi connectivity index (χ4v) is 11.8. The van der Waals surface area contributed by atoms with Gasteiger partial charge in [0.05, 0.1) is 0 Å². The van der Waals surface area contributed by atoms with E-state index in [1.807, 2.05) is 0 Å². The molecule has 26 heavy (non-hydrogen) atoms. The zero-order chi connectivity index (χ0) is 18.5. The second-order valence-corrected chi connectivity index (χ2v) is 15.6. The van der Waals surface area contributed by atoms with Crippen LogP contribution < -0.4 is 15.9 Å². The molecule has 0 radical (unpaired) electrons. The van der Waals surface area contributed by atoms with E-state index in [0.29, 0.717) is 0 Å². The molecule has 0 nitrogen and oxygen atoms in total. The van der Waals surface area contributed by atoms with E-state index in [-0.39, 0.29) is 0 Å². The summed E-state index contributed by atoms with van der Waals surface area (Å²) in [5.41, 5.74) is 1.48. The van der Waals surface area contributed by atoms with E-state index in [1.54, 1.807) is 0 Å². The van der Waals surface area contributed by atoms with Crippen molar-refractivity contribution in [3.8, 4) is 0 Å². The van der Waals surface area contributed by atoms with Gasteiger partial charge in [-0.25, -0.2) is 0 Å². The van der Waals surface area contributed by atoms with Crippen LogP contribution in [0.2, 0.25) is 0 Å². The molecule has 0 aromatic heterocycles. The van der Waals surface area contributed by atoms with Gasteiger partial charge in [-0.15, -0.1) is 0 Å². The third-order valence-corrected chi connectivity index (χ3v) is 14.8. The van der Waals surface area contributed by atoms with Crippen molar-refractivity contribution in [2.75, 3.05) is 6.16 Å². The third-order valence-electron chi connectivity index (χ3n) is 5.25. The molecule has 0 amide bonds. The average molecular weight is 425 g/mol. The molecule has 2 heteroatoms. The Hall–Kier alpha value is -1.69. The molecule has 0 unspecified atom stereocenters. The SMILES string of the molecule is CC=C(CC)CP(Br)(c1ccccc1)(c1ccccc1)c1ccccc1. The van der Waals surface area contributed by atoms with E-state index < -0.39 is 5.31 Å². The first-order valence-corrected chi connectivity index (χ1v) is 13.6. The Morgan fingerprint density at radius 2 is 1.08 bits per heavy atom. The maximum atomic E-state index is 4.49. The normalized spacial score (nSPS) is 13.8. The first kappa shape index (κ1) is 19.1. The van der Waals surface area contributed by atoms with Gasteiger partial charge in [0.15, 0.2) is 0 Å². The van der Waals surface area contributed by atoms with Crippen molar-refractivity contribution in [1.29, 1.82) is 0 Å². The Balaban J connectivity index is 2.43. The molecule has 134 valence electrons. The quantitative estimate of drug-likeness (QED) is 0.327. The van der Waals surface area contributed by atoms with E-state index in [0.717, 1.165) is 12.6 Å². The van der Waals surface area contributed by atoms with Crippen LogP contribution in [0.15, 0.2) is 103 Å². The Morgan fingerprint density at radius 1 is 0.731 bits per heavy atom. The maximum absolute atomic E-state index is 4.49. The molecule has 0 spiro atoms. The number of benzene rings is 3. The van der Waals surface area contributed by atoms with Crippen molar-refractivity contribution in [2.24, 2.45) is 0 Å². The minimum absolute atomic E-state index is 1.01. The first-order chi connectivity index (χ1) is 12.6. The Kier molecular flexibility index (Phi) is 5.80. The summed E-state index contributed by atoms with van der Waals surface area (Å²) in [6.45, 7) is 4.42. The topological polar surface area (TPSA) is 0 Å². The average Bonchev–Trinajstić information content (AvgIpc) is 2.74. The second-order valence-electron chi connectivity index (χ2n) is 6.65. The van der Waals surface area contributed by atoms with Gasteiger partial charge in [-0.05, 0) is 0 Å². The van der Waals surface area contributed by atoms with Gasteiger partial charge < -0.3 is 0 Å². The monoisotopic (exact) mass is 424 g/mol. The van der Waals surface area contributed by atoms with Crippen molar-refractivity contribution in [1.82, 2.24) is 0 Å². The zero-order valence-electron chi connectivity index (χ0n) is 15.5. The van der Waals surface area contributed by atoms with Crippen molar-refractivity contribution in [3.63, 3.8) is 0 Å². The Bertz CT molecular complexity index is 770. The molecule has 3 rings (SSSR count). The molecule has 0 saturated heterocycles. The fourth-order valence-electron chi connectivity index (χ4n) is 3.73. The number of halogens is 1. The summed E-state index contributed by atoms with van der Waals surface area (Å²) >= 11 is 4.49. The molecule has 3 aromatic rings. The summed E-state index contributed by atoms with van der Waals surface area (Å²) in [6, 6.07) is 33.0. The van der Waals surface area contributed by atoms with Gasteiger partial charge in [-0.3, -0.25) is 0 Å². The van der Waals surface area contributed by atoms with Crippen molar-refractivity contribution in [2.45, 2.75) is 20.3 Å². The number of allylic oxidation sites excluding steroid dienone is 2. The molecular weight excluding hydrogens is 399 g/mol. The Morgan fingerprint density at radius 3 is 1.35 bits per heavy atom. The summed E-state index contributed by atoms with van der Waals surface area (Å²) in [4.78, 5) is 0. The van der Waals surface area contributed by atoms with Crippen LogP contribution in [0, 0.1) is 0 Å². The van der Waals surface area contributed by atoms with Crippen LogP contribution >= 0.6 is 20.8 Å². The van der Waals surface area contributed by atoms with Crippen molar-refractivity contribution < 1.29 is 0 Å². The number of hydrogen-bond donors (Lipinski definition) is 0. The second kappa shape index (κ2) is 7.91. The van der Waals surface area contributed by atoms with Gasteiger partial charge in [0, 0.05) is 0 Å². The van der Waals surface area contributed by atoms with E-state index in [1.165, 1.54) is 21.5 Å². The predicted octanol–water partition coefficient (Wildman–Crippen LogP) is 6.18. The molecule has 0 fully saturated rings. The molecule has 0 saturated carbocycles. The molecule has 3 aromatic carbocycles. The summed E-state index contributed by atoms with van der Waals surface area (Å²) < 4.78 is 0. The summed E-state index contributed by atoms with van der Waals surface area (Å²) in [6.07, 6.45) is 4.36. The predicted molar refractivity (Wildman–Crippen MR) is 123 cm³/mol. The van der Waals surface area contributed by atoms with Gasteiger partial charge >= 0.3 is 166 Å². The van der Waals surface area contributed by atoms with Gasteiger partial charge in [0.25, 0.3) is 0 Å². The molecular formula is C24H26BrP. The van der Waals surface area contributed by atoms with Crippen molar-refractivity contribution in [3.05, 3.63) is 103 Å². The summed E-state index contributed by atoms with van der Waals surface area (Å²) in [7, 11) is 0. The molecule has 0 aliphatic heterocycles. The van der Waals surface area contributed by atoms with E-state index in [9.17, 15) is 0 Å². The van der Waals surface area contributed by atoms with Crippen LogP contribution in [0.5, 0.6) is 0 Å². The molecule has 0 atom stereocenters. The van der Waals surface area contributed by atoms with Crippen LogP contribution in [0.4, 0.5) is 0 Å². The number of hydrogen-bond acceptors (Lipinski definition) is 0. The van der Waals surface area contributed by atoms with Crippen LogP contribution in [0.1, 0.15) is 20.3 Å². The van der Waals surface area contributed by atoms with E-state index in [2.05, 4.69) is 126 Å². The third kappa shape index (κ3) is 3.20. The summed E-state index contributed by atoms with van der Waals surface area (Å²) in [5, 5.41) is 1.34. The fraction of sp³-hybridized carbons (Fsp3) is 0.167. The molecule has 0 aliphatic carbocycles. The number of rotatable bonds is 6. The molecule has 0 aliphatic rings.